The molecule has 1 rings (SSSR count). The summed E-state index contributed by atoms with van der Waals surface area (Å²) in [6.45, 7) is 2.31. The molecule has 0 aliphatic heterocycles. The van der Waals surface area contributed by atoms with Gasteiger partial charge in [-0.3, -0.25) is 0 Å². The smallest absolute Gasteiger partial charge is 0.418 e. The summed E-state index contributed by atoms with van der Waals surface area (Å²) in [4.78, 5) is 0. The van der Waals surface area contributed by atoms with E-state index in [0.29, 0.717) is 6.54 Å². The van der Waals surface area contributed by atoms with Crippen molar-refractivity contribution >= 4 is 7.25 Å². The zero-order valence-electron chi connectivity index (χ0n) is 7.73. The molecule has 1 aromatic rings. The third kappa shape index (κ3) is 7.83. The number of aromatic nitrogens is 1. The van der Waals surface area contributed by atoms with Gasteiger partial charge in [0.25, 0.3) is 0 Å². The molecule has 0 fully saturated rings. The zero-order chi connectivity index (χ0) is 12.1. The third-order valence-electron chi connectivity index (χ3n) is 1.29. The van der Waals surface area contributed by atoms with Crippen LogP contribution in [0.25, 0.3) is 0 Å². The fraction of sp³-hybridized carbons (Fsp3) is 0.286. The predicted octanol–water partition coefficient (Wildman–Crippen LogP) is 2.57. The lowest BCUT2D eigenvalue weighted by Crippen LogP contribution is -2.36. The van der Waals surface area contributed by atoms with Gasteiger partial charge in [-0.15, -0.1) is 4.39 Å². The topological polar surface area (TPSA) is 3.88 Å². The molecule has 0 aliphatic carbocycles. The summed E-state index contributed by atoms with van der Waals surface area (Å²) >= 11 is 0. The van der Waals surface area contributed by atoms with E-state index in [0.717, 1.165) is 6.07 Å². The molecule has 0 amide bonds. The molecule has 0 unspecified atom stereocenters. The molecular formula is C7H8BF6N. The molecule has 86 valence electrons. The summed E-state index contributed by atoms with van der Waals surface area (Å²) in [5.74, 6) is -1.08. The van der Waals surface area contributed by atoms with Crippen molar-refractivity contribution in [1.82, 2.24) is 0 Å². The largest absolute Gasteiger partial charge is 0.673 e. The summed E-state index contributed by atoms with van der Waals surface area (Å²) < 4.78 is 65.1. The van der Waals surface area contributed by atoms with E-state index in [-0.39, 0.29) is 0 Å². The molecule has 0 atom stereocenters. The molecule has 0 radical (unpaired) electrons. The van der Waals surface area contributed by atoms with Crippen LogP contribution in [-0.2, 0) is 6.54 Å². The van der Waals surface area contributed by atoms with Crippen molar-refractivity contribution in [3.63, 3.8) is 0 Å². The van der Waals surface area contributed by atoms with E-state index in [9.17, 15) is 26.0 Å². The number of hydrogen-bond acceptors (Lipinski definition) is 0. The molecular weight excluding hydrogens is 223 g/mol. The van der Waals surface area contributed by atoms with Crippen LogP contribution in [0.3, 0.4) is 0 Å². The first kappa shape index (κ1) is 13.8. The van der Waals surface area contributed by atoms with Gasteiger partial charge in [0.1, 0.15) is 12.4 Å². The fourth-order valence-corrected chi connectivity index (χ4v) is 0.734. The second-order valence-electron chi connectivity index (χ2n) is 2.45. The van der Waals surface area contributed by atoms with Gasteiger partial charge in [-0.05, 0) is 6.92 Å². The maximum Gasteiger partial charge on any atom is 0.673 e. The average Bonchev–Trinajstić information content (AvgIpc) is 2.01. The van der Waals surface area contributed by atoms with E-state index in [1.165, 1.54) is 16.8 Å². The van der Waals surface area contributed by atoms with Crippen molar-refractivity contribution in [3.05, 3.63) is 30.1 Å². The lowest BCUT2D eigenvalue weighted by molar-refractivity contribution is -0.721. The molecule has 1 heterocycles. The number of hydrogen-bond donors (Lipinski definition) is 0. The van der Waals surface area contributed by atoms with Crippen LogP contribution in [0, 0.1) is 11.8 Å². The summed E-state index contributed by atoms with van der Waals surface area (Å²) in [5.41, 5.74) is 0. The standard InChI is InChI=1S/C7H8F2N.BF4/c1-2-10-4-3-6(8)5-7(10)9;2-1(3,4)5/h3-5H,2H2,1H3;/q+1;-1. The number of rotatable bonds is 1. The Morgan fingerprint density at radius 3 is 2.00 bits per heavy atom. The Kier molecular flexibility index (Phi) is 5.17. The molecule has 0 saturated carbocycles. The van der Waals surface area contributed by atoms with Crippen LogP contribution in [0.4, 0.5) is 26.0 Å². The van der Waals surface area contributed by atoms with Crippen LogP contribution in [0.15, 0.2) is 18.3 Å². The number of pyridine rings is 1. The highest BCUT2D eigenvalue weighted by Gasteiger charge is 2.20. The van der Waals surface area contributed by atoms with Gasteiger partial charge in [0.15, 0.2) is 6.20 Å². The van der Waals surface area contributed by atoms with Crippen LogP contribution in [0.5, 0.6) is 0 Å². The minimum absolute atomic E-state index is 0.520. The highest BCUT2D eigenvalue weighted by molar-refractivity contribution is 6.50. The van der Waals surface area contributed by atoms with E-state index in [4.69, 9.17) is 0 Å². The molecule has 0 aliphatic rings. The van der Waals surface area contributed by atoms with Crippen LogP contribution in [0.1, 0.15) is 6.92 Å². The molecule has 1 aromatic heterocycles. The van der Waals surface area contributed by atoms with Crippen LogP contribution >= 0.6 is 0 Å². The highest BCUT2D eigenvalue weighted by Crippen LogP contribution is 2.06. The number of nitrogens with zero attached hydrogens (tertiary/aromatic N) is 1. The Balaban J connectivity index is 0.000000336. The van der Waals surface area contributed by atoms with Crippen molar-refractivity contribution in [3.8, 4) is 0 Å². The summed E-state index contributed by atoms with van der Waals surface area (Å²) in [6.07, 6.45) is 1.38. The van der Waals surface area contributed by atoms with E-state index >= 15 is 0 Å². The van der Waals surface area contributed by atoms with Crippen molar-refractivity contribution in [2.75, 3.05) is 0 Å². The minimum atomic E-state index is -6.00. The molecule has 0 N–H and O–H groups in total. The monoisotopic (exact) mass is 231 g/mol. The van der Waals surface area contributed by atoms with Crippen molar-refractivity contribution in [1.29, 1.82) is 0 Å². The Bertz CT molecular complexity index is 307. The van der Waals surface area contributed by atoms with Crippen LogP contribution in [0.2, 0.25) is 0 Å². The van der Waals surface area contributed by atoms with Gasteiger partial charge in [-0.1, -0.05) is 0 Å². The Labute approximate surface area is 82.4 Å². The minimum Gasteiger partial charge on any atom is -0.418 e. The van der Waals surface area contributed by atoms with Gasteiger partial charge in [-0.25, -0.2) is 4.39 Å². The summed E-state index contributed by atoms with van der Waals surface area (Å²) in [5, 5.41) is 0. The maximum absolute atomic E-state index is 12.6. The summed E-state index contributed by atoms with van der Waals surface area (Å²) in [6, 6.07) is 2.09. The molecule has 0 saturated heterocycles. The quantitative estimate of drug-likeness (QED) is 0.302. The van der Waals surface area contributed by atoms with E-state index in [1.807, 2.05) is 0 Å². The summed E-state index contributed by atoms with van der Waals surface area (Å²) in [7, 11) is -6.00. The second-order valence-corrected chi connectivity index (χ2v) is 2.45. The number of aryl methyl sites for hydroxylation is 1. The van der Waals surface area contributed by atoms with Crippen LogP contribution < -0.4 is 4.57 Å². The number of halogens is 6. The van der Waals surface area contributed by atoms with E-state index in [1.54, 1.807) is 6.92 Å². The molecule has 0 bridgehead atoms. The molecule has 1 nitrogen and oxygen atoms in total. The molecule has 0 aromatic carbocycles. The normalized spacial score (nSPS) is 10.6. The van der Waals surface area contributed by atoms with Gasteiger partial charge in [0.05, 0.1) is 6.07 Å². The Hall–Kier alpha value is -1.21. The second kappa shape index (κ2) is 5.62. The van der Waals surface area contributed by atoms with Crippen molar-refractivity contribution in [2.24, 2.45) is 0 Å². The van der Waals surface area contributed by atoms with E-state index < -0.39 is 19.0 Å². The molecule has 8 heteroatoms. The van der Waals surface area contributed by atoms with Crippen molar-refractivity contribution < 1.29 is 30.6 Å². The Morgan fingerprint density at radius 1 is 1.20 bits per heavy atom. The Morgan fingerprint density at radius 2 is 1.67 bits per heavy atom. The van der Waals surface area contributed by atoms with Gasteiger partial charge in [-0.2, -0.15) is 4.57 Å². The van der Waals surface area contributed by atoms with Crippen LogP contribution in [-0.4, -0.2) is 7.25 Å². The zero-order valence-corrected chi connectivity index (χ0v) is 7.73. The van der Waals surface area contributed by atoms with Gasteiger partial charge < -0.3 is 17.3 Å². The predicted molar refractivity (Wildman–Crippen MR) is 42.4 cm³/mol. The van der Waals surface area contributed by atoms with Gasteiger partial charge in [0.2, 0.25) is 0 Å². The van der Waals surface area contributed by atoms with Crippen molar-refractivity contribution in [2.45, 2.75) is 13.5 Å². The molecule has 0 spiro atoms. The maximum atomic E-state index is 12.6. The average molecular weight is 231 g/mol. The third-order valence-corrected chi connectivity index (χ3v) is 1.29. The first-order valence-electron chi connectivity index (χ1n) is 3.96. The SMILES string of the molecule is CC[n+]1ccc(F)cc1F.F[B-](F)(F)F. The van der Waals surface area contributed by atoms with E-state index in [2.05, 4.69) is 0 Å². The fourth-order valence-electron chi connectivity index (χ4n) is 0.734. The first-order valence-corrected chi connectivity index (χ1v) is 3.96. The lowest BCUT2D eigenvalue weighted by Gasteiger charge is -1.94. The first-order chi connectivity index (χ1) is 6.74. The molecule has 15 heavy (non-hydrogen) atoms. The van der Waals surface area contributed by atoms with Gasteiger partial charge in [0, 0.05) is 6.07 Å². The van der Waals surface area contributed by atoms with Gasteiger partial charge >= 0.3 is 13.2 Å². The lowest BCUT2D eigenvalue weighted by atomic mass is 10.3. The highest BCUT2D eigenvalue weighted by atomic mass is 19.5.